The van der Waals surface area contributed by atoms with E-state index in [1.807, 2.05) is 6.92 Å². The summed E-state index contributed by atoms with van der Waals surface area (Å²) in [6, 6.07) is 3.91. The molecular formula is C18H22N4O5. The van der Waals surface area contributed by atoms with Crippen molar-refractivity contribution in [2.45, 2.75) is 32.4 Å². The van der Waals surface area contributed by atoms with Gasteiger partial charge in [0.25, 0.3) is 5.56 Å². The molecule has 1 aromatic carbocycles. The third kappa shape index (κ3) is 3.40. The normalized spacial score (nSPS) is 15.5. The number of methoxy groups -OCH3 is 2. The Hall–Kier alpha value is -3.23. The van der Waals surface area contributed by atoms with Crippen molar-refractivity contribution in [3.8, 4) is 11.5 Å². The number of urea groups is 1. The van der Waals surface area contributed by atoms with Gasteiger partial charge in [0.05, 0.1) is 25.8 Å². The molecule has 0 spiro atoms. The number of H-pyrrole nitrogens is 1. The van der Waals surface area contributed by atoms with Gasteiger partial charge in [-0.3, -0.25) is 19.7 Å². The monoisotopic (exact) mass is 374 g/mol. The number of aromatic amines is 1. The molecule has 0 aliphatic carbocycles. The average molecular weight is 374 g/mol. The summed E-state index contributed by atoms with van der Waals surface area (Å²) in [5.41, 5.74) is -0.178. The first-order valence-electron chi connectivity index (χ1n) is 8.66. The van der Waals surface area contributed by atoms with Gasteiger partial charge in [0.15, 0.2) is 11.5 Å². The topological polar surface area (TPSA) is 114 Å². The van der Waals surface area contributed by atoms with Crippen LogP contribution in [0.5, 0.6) is 11.5 Å². The number of unbranched alkanes of at least 4 members (excludes halogenated alkanes) is 1. The van der Waals surface area contributed by atoms with Crippen LogP contribution < -0.4 is 31.4 Å². The van der Waals surface area contributed by atoms with Crippen molar-refractivity contribution in [1.29, 1.82) is 0 Å². The fourth-order valence-electron chi connectivity index (χ4n) is 3.15. The van der Waals surface area contributed by atoms with Crippen molar-refractivity contribution in [3.63, 3.8) is 0 Å². The van der Waals surface area contributed by atoms with Gasteiger partial charge in [-0.15, -0.1) is 0 Å². The predicted octanol–water partition coefficient (Wildman–Crippen LogP) is 1.58. The molecule has 3 N–H and O–H groups in total. The Morgan fingerprint density at radius 3 is 2.52 bits per heavy atom. The van der Waals surface area contributed by atoms with E-state index in [-0.39, 0.29) is 11.4 Å². The van der Waals surface area contributed by atoms with Gasteiger partial charge in [0.1, 0.15) is 5.82 Å². The van der Waals surface area contributed by atoms with Crippen LogP contribution in [0.25, 0.3) is 0 Å². The molecule has 2 amide bonds. The van der Waals surface area contributed by atoms with Crippen molar-refractivity contribution in [2.75, 3.05) is 19.5 Å². The second-order valence-corrected chi connectivity index (χ2v) is 6.17. The van der Waals surface area contributed by atoms with Crippen molar-refractivity contribution in [3.05, 3.63) is 50.2 Å². The van der Waals surface area contributed by atoms with Crippen molar-refractivity contribution in [2.24, 2.45) is 0 Å². The minimum Gasteiger partial charge on any atom is -0.493 e. The number of nitrogens with one attached hydrogen (secondary N) is 3. The molecular weight excluding hydrogens is 352 g/mol. The Labute approximate surface area is 155 Å². The van der Waals surface area contributed by atoms with E-state index >= 15 is 0 Å². The SMILES string of the molecule is CCCCn1c2c(c(=O)[nH]c1=O)C(c1ccc(OC)c(OC)c1)NC(=O)N2. The number of amides is 2. The molecule has 1 aromatic heterocycles. The van der Waals surface area contributed by atoms with Gasteiger partial charge in [0, 0.05) is 6.54 Å². The van der Waals surface area contributed by atoms with Gasteiger partial charge in [-0.05, 0) is 24.1 Å². The number of carbonyl (C=O) groups excluding carboxylic acids is 1. The maximum absolute atomic E-state index is 12.6. The number of carbonyl (C=O) groups is 1. The molecule has 2 heterocycles. The molecule has 2 aromatic rings. The highest BCUT2D eigenvalue weighted by Crippen LogP contribution is 2.34. The van der Waals surface area contributed by atoms with Crippen LogP contribution >= 0.6 is 0 Å². The molecule has 27 heavy (non-hydrogen) atoms. The van der Waals surface area contributed by atoms with Crippen LogP contribution in [0.3, 0.4) is 0 Å². The van der Waals surface area contributed by atoms with Crippen molar-refractivity contribution in [1.82, 2.24) is 14.9 Å². The minimum absolute atomic E-state index is 0.223. The van der Waals surface area contributed by atoms with E-state index in [0.717, 1.165) is 12.8 Å². The minimum atomic E-state index is -0.731. The summed E-state index contributed by atoms with van der Waals surface area (Å²) in [7, 11) is 3.03. The summed E-state index contributed by atoms with van der Waals surface area (Å²) < 4.78 is 11.9. The maximum atomic E-state index is 12.6. The molecule has 9 nitrogen and oxygen atoms in total. The van der Waals surface area contributed by atoms with Gasteiger partial charge in [-0.2, -0.15) is 0 Å². The largest absolute Gasteiger partial charge is 0.493 e. The van der Waals surface area contributed by atoms with Crippen LogP contribution in [0.15, 0.2) is 27.8 Å². The second-order valence-electron chi connectivity index (χ2n) is 6.17. The molecule has 1 atom stereocenters. The lowest BCUT2D eigenvalue weighted by atomic mass is 9.98. The number of aromatic nitrogens is 2. The molecule has 0 saturated carbocycles. The second kappa shape index (κ2) is 7.56. The van der Waals surface area contributed by atoms with E-state index in [2.05, 4.69) is 15.6 Å². The van der Waals surface area contributed by atoms with Crippen LogP contribution in [0.2, 0.25) is 0 Å². The first kappa shape index (κ1) is 18.6. The fourth-order valence-corrected chi connectivity index (χ4v) is 3.15. The highest BCUT2D eigenvalue weighted by atomic mass is 16.5. The van der Waals surface area contributed by atoms with E-state index in [1.165, 1.54) is 18.8 Å². The number of hydrogen-bond donors (Lipinski definition) is 3. The summed E-state index contributed by atoms with van der Waals surface area (Å²) in [5.74, 6) is 1.23. The van der Waals surface area contributed by atoms with E-state index in [1.54, 1.807) is 18.2 Å². The molecule has 0 radical (unpaired) electrons. The Kier molecular flexibility index (Phi) is 5.20. The summed E-state index contributed by atoms with van der Waals surface area (Å²) in [4.78, 5) is 39.4. The number of nitrogens with zero attached hydrogens (tertiary/aromatic N) is 1. The Morgan fingerprint density at radius 2 is 1.85 bits per heavy atom. The zero-order valence-corrected chi connectivity index (χ0v) is 15.4. The number of anilines is 1. The smallest absolute Gasteiger partial charge is 0.329 e. The fraction of sp³-hybridized carbons (Fsp3) is 0.389. The molecule has 3 rings (SSSR count). The summed E-state index contributed by atoms with van der Waals surface area (Å²) in [6.45, 7) is 2.39. The molecule has 144 valence electrons. The van der Waals surface area contributed by atoms with Crippen LogP contribution in [0.1, 0.15) is 36.9 Å². The Morgan fingerprint density at radius 1 is 1.11 bits per heavy atom. The van der Waals surface area contributed by atoms with E-state index in [9.17, 15) is 14.4 Å². The lowest BCUT2D eigenvalue weighted by molar-refractivity contribution is 0.248. The zero-order valence-electron chi connectivity index (χ0n) is 15.4. The standard InChI is InChI=1S/C18H22N4O5/c1-4-5-8-22-15-13(16(23)21-18(22)25)14(19-17(24)20-15)10-6-7-11(26-2)12(9-10)27-3/h6-7,9,14H,4-5,8H2,1-3H3,(H2,19,20,24)(H,21,23,25). The van der Waals surface area contributed by atoms with Gasteiger partial charge in [-0.25, -0.2) is 9.59 Å². The Bertz CT molecular complexity index is 979. The first-order chi connectivity index (χ1) is 13.0. The molecule has 0 fully saturated rings. The van der Waals surface area contributed by atoms with Gasteiger partial charge >= 0.3 is 11.7 Å². The molecule has 0 saturated heterocycles. The highest BCUT2D eigenvalue weighted by Gasteiger charge is 2.31. The number of ether oxygens (including phenoxy) is 2. The lowest BCUT2D eigenvalue weighted by Gasteiger charge is -2.28. The van der Waals surface area contributed by atoms with E-state index < -0.39 is 23.3 Å². The first-order valence-corrected chi connectivity index (χ1v) is 8.66. The summed E-state index contributed by atoms with van der Waals surface area (Å²) in [5, 5.41) is 5.35. The predicted molar refractivity (Wildman–Crippen MR) is 99.8 cm³/mol. The van der Waals surface area contributed by atoms with Crippen LogP contribution in [-0.4, -0.2) is 29.8 Å². The quantitative estimate of drug-likeness (QED) is 0.710. The highest BCUT2D eigenvalue weighted by molar-refractivity contribution is 5.92. The molecule has 1 aliphatic heterocycles. The zero-order chi connectivity index (χ0) is 19.6. The molecule has 1 aliphatic rings. The van der Waals surface area contributed by atoms with E-state index in [0.29, 0.717) is 23.6 Å². The van der Waals surface area contributed by atoms with Gasteiger partial charge in [0.2, 0.25) is 0 Å². The van der Waals surface area contributed by atoms with E-state index in [4.69, 9.17) is 9.47 Å². The number of hydrogen-bond acceptors (Lipinski definition) is 5. The average Bonchev–Trinajstić information content (AvgIpc) is 2.66. The number of benzene rings is 1. The van der Waals surface area contributed by atoms with Crippen molar-refractivity contribution >= 4 is 11.8 Å². The van der Waals surface area contributed by atoms with Crippen LogP contribution in [0.4, 0.5) is 10.6 Å². The lowest BCUT2D eigenvalue weighted by Crippen LogP contribution is -2.46. The summed E-state index contributed by atoms with van der Waals surface area (Å²) in [6.07, 6.45) is 1.61. The number of fused-ring (bicyclic) bond motifs is 1. The number of rotatable bonds is 6. The third-order valence-corrected chi connectivity index (χ3v) is 4.51. The maximum Gasteiger partial charge on any atom is 0.329 e. The van der Waals surface area contributed by atoms with Crippen molar-refractivity contribution < 1.29 is 14.3 Å². The third-order valence-electron chi connectivity index (χ3n) is 4.51. The Balaban J connectivity index is 2.18. The molecule has 1 unspecified atom stereocenters. The van der Waals surface area contributed by atoms with Gasteiger partial charge < -0.3 is 14.8 Å². The van der Waals surface area contributed by atoms with Crippen LogP contribution in [-0.2, 0) is 6.54 Å². The van der Waals surface area contributed by atoms with Gasteiger partial charge in [-0.1, -0.05) is 19.4 Å². The summed E-state index contributed by atoms with van der Waals surface area (Å²) >= 11 is 0. The molecule has 0 bridgehead atoms. The molecule has 9 heteroatoms. The van der Waals surface area contributed by atoms with Crippen LogP contribution in [0, 0.1) is 0 Å².